The van der Waals surface area contributed by atoms with Gasteiger partial charge in [0.2, 0.25) is 0 Å². The maximum atomic E-state index is 9.84. The van der Waals surface area contributed by atoms with Gasteiger partial charge in [0.15, 0.2) is 11.5 Å². The molecule has 0 saturated heterocycles. The first kappa shape index (κ1) is 11.3. The number of aromatic hydroxyl groups is 3. The Balaban J connectivity index is 2.77. The van der Waals surface area contributed by atoms with Crippen molar-refractivity contribution in [3.8, 4) is 28.4 Å². The Morgan fingerprint density at radius 1 is 0.824 bits per heavy atom. The van der Waals surface area contributed by atoms with Crippen LogP contribution in [-0.2, 0) is 0 Å². The minimum Gasteiger partial charge on any atom is -0.507 e. The number of hydrogen-bond donors (Lipinski definition) is 3. The van der Waals surface area contributed by atoms with Gasteiger partial charge in [-0.1, -0.05) is 18.2 Å². The molecule has 3 heteroatoms. The van der Waals surface area contributed by atoms with Gasteiger partial charge in [-0.2, -0.15) is 0 Å². The fourth-order valence-electron chi connectivity index (χ4n) is 1.86. The molecule has 0 aliphatic carbocycles. The highest BCUT2D eigenvalue weighted by atomic mass is 16.3. The summed E-state index contributed by atoms with van der Waals surface area (Å²) >= 11 is 0. The molecular weight excluding hydrogens is 216 g/mol. The first-order chi connectivity index (χ1) is 8.02. The predicted octanol–water partition coefficient (Wildman–Crippen LogP) is 3.09. The molecule has 0 unspecified atom stereocenters. The van der Waals surface area contributed by atoms with Crippen LogP contribution in [0.4, 0.5) is 0 Å². The number of phenols is 3. The van der Waals surface area contributed by atoms with Crippen LogP contribution in [-0.4, -0.2) is 15.3 Å². The summed E-state index contributed by atoms with van der Waals surface area (Å²) in [6, 6.07) is 8.23. The normalized spacial score (nSPS) is 10.5. The summed E-state index contributed by atoms with van der Waals surface area (Å²) in [5.41, 5.74) is 3.01. The average Bonchev–Trinajstić information content (AvgIpc) is 2.30. The zero-order valence-electron chi connectivity index (χ0n) is 9.73. The predicted molar refractivity (Wildman–Crippen MR) is 66.3 cm³/mol. The van der Waals surface area contributed by atoms with E-state index in [-0.39, 0.29) is 22.8 Å². The van der Waals surface area contributed by atoms with Gasteiger partial charge in [0.05, 0.1) is 5.56 Å². The second kappa shape index (κ2) is 4.01. The van der Waals surface area contributed by atoms with Crippen molar-refractivity contribution < 1.29 is 15.3 Å². The van der Waals surface area contributed by atoms with Crippen LogP contribution >= 0.6 is 0 Å². The highest BCUT2D eigenvalue weighted by Gasteiger charge is 2.15. The fourth-order valence-corrected chi connectivity index (χ4v) is 1.86. The maximum absolute atomic E-state index is 9.84. The Labute approximate surface area is 99.6 Å². The molecule has 2 rings (SSSR count). The second-order valence-electron chi connectivity index (χ2n) is 4.07. The first-order valence-electron chi connectivity index (χ1n) is 5.33. The van der Waals surface area contributed by atoms with Crippen molar-refractivity contribution in [3.63, 3.8) is 0 Å². The third-order valence-electron chi connectivity index (χ3n) is 3.01. The van der Waals surface area contributed by atoms with Crippen LogP contribution in [0.1, 0.15) is 11.1 Å². The molecule has 0 radical (unpaired) electrons. The van der Waals surface area contributed by atoms with Gasteiger partial charge in [-0.25, -0.2) is 0 Å². The van der Waals surface area contributed by atoms with Crippen LogP contribution < -0.4 is 0 Å². The fraction of sp³-hybridized carbons (Fsp3) is 0.143. The zero-order chi connectivity index (χ0) is 12.6. The third kappa shape index (κ3) is 1.80. The molecule has 3 nitrogen and oxygen atoms in total. The number of hydrogen-bond acceptors (Lipinski definition) is 3. The highest BCUT2D eigenvalue weighted by Crippen LogP contribution is 2.43. The quantitative estimate of drug-likeness (QED) is 0.521. The van der Waals surface area contributed by atoms with Crippen LogP contribution in [0.5, 0.6) is 17.2 Å². The number of benzene rings is 2. The van der Waals surface area contributed by atoms with Gasteiger partial charge in [0.1, 0.15) is 5.75 Å². The van der Waals surface area contributed by atoms with E-state index in [9.17, 15) is 15.3 Å². The van der Waals surface area contributed by atoms with Gasteiger partial charge in [0.25, 0.3) is 0 Å². The molecule has 0 saturated carbocycles. The summed E-state index contributed by atoms with van der Waals surface area (Å²) in [4.78, 5) is 0. The van der Waals surface area contributed by atoms with Gasteiger partial charge in [-0.3, -0.25) is 0 Å². The molecule has 0 aliphatic rings. The molecule has 0 amide bonds. The third-order valence-corrected chi connectivity index (χ3v) is 3.01. The summed E-state index contributed by atoms with van der Waals surface area (Å²) in [5, 5.41) is 29.1. The molecular formula is C14H14O3. The molecule has 0 heterocycles. The van der Waals surface area contributed by atoms with Crippen molar-refractivity contribution >= 4 is 0 Å². The number of phenolic OH excluding ortho intramolecular Hbond substituents is 3. The van der Waals surface area contributed by atoms with E-state index in [0.717, 1.165) is 16.7 Å². The van der Waals surface area contributed by atoms with E-state index in [2.05, 4.69) is 0 Å². The van der Waals surface area contributed by atoms with Crippen LogP contribution in [0.3, 0.4) is 0 Å². The average molecular weight is 230 g/mol. The molecule has 0 aromatic heterocycles. The molecule has 0 spiro atoms. The van der Waals surface area contributed by atoms with Crippen LogP contribution in [0.15, 0.2) is 30.3 Å². The first-order valence-corrected chi connectivity index (χ1v) is 5.33. The Hall–Kier alpha value is -2.16. The summed E-state index contributed by atoms with van der Waals surface area (Å²) in [6.45, 7) is 3.86. The van der Waals surface area contributed by atoms with Gasteiger partial charge in [-0.15, -0.1) is 0 Å². The second-order valence-corrected chi connectivity index (χ2v) is 4.07. The van der Waals surface area contributed by atoms with Crippen molar-refractivity contribution in [1.29, 1.82) is 0 Å². The summed E-state index contributed by atoms with van der Waals surface area (Å²) in [5.74, 6) is -0.577. The van der Waals surface area contributed by atoms with Crippen LogP contribution in [0.2, 0.25) is 0 Å². The molecule has 17 heavy (non-hydrogen) atoms. The molecule has 3 N–H and O–H groups in total. The van der Waals surface area contributed by atoms with E-state index in [1.54, 1.807) is 6.07 Å². The lowest BCUT2D eigenvalue weighted by molar-refractivity contribution is 0.398. The standard InChI is InChI=1S/C14H14O3/c1-8-4-3-5-10(9(8)2)13-11(15)6-7-12(16)14(13)17/h3-7,15-17H,1-2H3. The van der Waals surface area contributed by atoms with Gasteiger partial charge in [0, 0.05) is 0 Å². The SMILES string of the molecule is Cc1cccc(-c2c(O)ccc(O)c2O)c1C. The van der Waals surface area contributed by atoms with Crippen molar-refractivity contribution in [2.24, 2.45) is 0 Å². The van der Waals surface area contributed by atoms with Crippen LogP contribution in [0.25, 0.3) is 11.1 Å². The summed E-state index contributed by atoms with van der Waals surface area (Å²) < 4.78 is 0. The van der Waals surface area contributed by atoms with E-state index in [4.69, 9.17) is 0 Å². The largest absolute Gasteiger partial charge is 0.507 e. The van der Waals surface area contributed by atoms with E-state index in [1.165, 1.54) is 12.1 Å². The number of rotatable bonds is 1. The molecule has 0 bridgehead atoms. The van der Waals surface area contributed by atoms with Crippen molar-refractivity contribution in [2.75, 3.05) is 0 Å². The Morgan fingerprint density at radius 2 is 1.47 bits per heavy atom. The number of aryl methyl sites for hydroxylation is 1. The molecule has 0 aliphatic heterocycles. The molecule has 0 fully saturated rings. The van der Waals surface area contributed by atoms with Crippen LogP contribution in [0, 0.1) is 13.8 Å². The smallest absolute Gasteiger partial charge is 0.169 e. The topological polar surface area (TPSA) is 60.7 Å². The van der Waals surface area contributed by atoms with Crippen molar-refractivity contribution in [1.82, 2.24) is 0 Å². The van der Waals surface area contributed by atoms with Gasteiger partial charge >= 0.3 is 0 Å². The Morgan fingerprint density at radius 3 is 2.18 bits per heavy atom. The van der Waals surface area contributed by atoms with Crippen molar-refractivity contribution in [2.45, 2.75) is 13.8 Å². The van der Waals surface area contributed by atoms with E-state index >= 15 is 0 Å². The van der Waals surface area contributed by atoms with E-state index in [1.807, 2.05) is 26.0 Å². The maximum Gasteiger partial charge on any atom is 0.169 e. The Bertz CT molecular complexity index is 574. The van der Waals surface area contributed by atoms with E-state index in [0.29, 0.717) is 0 Å². The van der Waals surface area contributed by atoms with Crippen molar-refractivity contribution in [3.05, 3.63) is 41.5 Å². The van der Waals surface area contributed by atoms with E-state index < -0.39 is 0 Å². The summed E-state index contributed by atoms with van der Waals surface area (Å²) in [7, 11) is 0. The lowest BCUT2D eigenvalue weighted by Gasteiger charge is -2.12. The monoisotopic (exact) mass is 230 g/mol. The zero-order valence-corrected chi connectivity index (χ0v) is 9.73. The van der Waals surface area contributed by atoms with Gasteiger partial charge in [-0.05, 0) is 42.7 Å². The lowest BCUT2D eigenvalue weighted by atomic mass is 9.95. The Kier molecular flexibility index (Phi) is 2.68. The molecule has 88 valence electrons. The molecule has 2 aromatic rings. The van der Waals surface area contributed by atoms with Gasteiger partial charge < -0.3 is 15.3 Å². The lowest BCUT2D eigenvalue weighted by Crippen LogP contribution is -1.88. The minimum absolute atomic E-state index is 0.0472. The highest BCUT2D eigenvalue weighted by molar-refractivity contribution is 5.81. The molecule has 2 aromatic carbocycles. The minimum atomic E-state index is -0.293. The summed E-state index contributed by atoms with van der Waals surface area (Å²) in [6.07, 6.45) is 0. The molecule has 0 atom stereocenters.